The van der Waals surface area contributed by atoms with E-state index in [1.165, 1.54) is 23.2 Å². The van der Waals surface area contributed by atoms with Crippen LogP contribution in [0.25, 0.3) is 21.1 Å². The minimum atomic E-state index is -4.27. The van der Waals surface area contributed by atoms with Gasteiger partial charge in [0.1, 0.15) is 28.7 Å². The summed E-state index contributed by atoms with van der Waals surface area (Å²) in [4.78, 5) is 13.9. The van der Waals surface area contributed by atoms with Gasteiger partial charge in [-0.25, -0.2) is 14.7 Å². The summed E-state index contributed by atoms with van der Waals surface area (Å²) in [6, 6.07) is 10.3. The summed E-state index contributed by atoms with van der Waals surface area (Å²) in [6.07, 6.45) is -2.09. The average molecular weight is 690 g/mol. The third kappa shape index (κ3) is 7.55. The number of rotatable bonds is 10. The Hall–Kier alpha value is -3.33. The molecular formula is C31H38F3N9O2S2. The number of alkyl halides is 3. The SMILES string of the molecule is CNS(=O)(=O)N1CCN(CCn2c(C#N)cc3c(C)c(CN4CCC(Nc5ncnc6sc(CC(F)(F)F)cc56)CC4)ccc32)CC1. The van der Waals surface area contributed by atoms with Crippen LogP contribution in [-0.2, 0) is 29.7 Å². The molecular weight excluding hydrogens is 652 g/mol. The van der Waals surface area contributed by atoms with Gasteiger partial charge in [0.15, 0.2) is 0 Å². The van der Waals surface area contributed by atoms with Crippen LogP contribution in [0.2, 0.25) is 0 Å². The van der Waals surface area contributed by atoms with Crippen molar-refractivity contribution in [1.29, 1.82) is 5.26 Å². The first-order valence-electron chi connectivity index (χ1n) is 15.7. The largest absolute Gasteiger partial charge is 0.393 e. The molecule has 0 spiro atoms. The summed E-state index contributed by atoms with van der Waals surface area (Å²) >= 11 is 1.06. The van der Waals surface area contributed by atoms with E-state index >= 15 is 0 Å². The topological polar surface area (TPSA) is 122 Å². The molecule has 0 bridgehead atoms. The summed E-state index contributed by atoms with van der Waals surface area (Å²) in [7, 11) is -2.00. The number of anilines is 1. The normalized spacial score (nSPS) is 17.9. The monoisotopic (exact) mass is 689 g/mol. The second-order valence-electron chi connectivity index (χ2n) is 12.2. The molecule has 3 aromatic heterocycles. The number of nitriles is 1. The molecule has 0 atom stereocenters. The lowest BCUT2D eigenvalue weighted by atomic mass is 10.0. The van der Waals surface area contributed by atoms with Gasteiger partial charge in [0.05, 0.1) is 11.8 Å². The van der Waals surface area contributed by atoms with Gasteiger partial charge in [-0.3, -0.25) is 9.80 Å². The summed E-state index contributed by atoms with van der Waals surface area (Å²) in [6.45, 7) is 8.10. The molecule has 11 nitrogen and oxygen atoms in total. The molecule has 2 saturated heterocycles. The van der Waals surface area contributed by atoms with E-state index in [0.717, 1.165) is 66.8 Å². The number of halogens is 3. The summed E-state index contributed by atoms with van der Waals surface area (Å²) in [5.74, 6) is 0.584. The fourth-order valence-corrected chi connectivity index (χ4v) is 8.49. The van der Waals surface area contributed by atoms with Crippen molar-refractivity contribution in [3.05, 3.63) is 52.3 Å². The maximum Gasteiger partial charge on any atom is 0.393 e. The number of aryl methyl sites for hydroxylation is 1. The molecule has 0 amide bonds. The van der Waals surface area contributed by atoms with Gasteiger partial charge in [0.2, 0.25) is 0 Å². The molecule has 2 N–H and O–H groups in total. The molecule has 16 heteroatoms. The molecule has 5 heterocycles. The maximum absolute atomic E-state index is 12.9. The first kappa shape index (κ1) is 33.6. The van der Waals surface area contributed by atoms with E-state index in [-0.39, 0.29) is 10.9 Å². The lowest BCUT2D eigenvalue weighted by Gasteiger charge is -2.33. The molecule has 0 aliphatic carbocycles. The molecule has 2 fully saturated rings. The summed E-state index contributed by atoms with van der Waals surface area (Å²) in [5.41, 5.74) is 3.99. The molecule has 4 aromatic rings. The van der Waals surface area contributed by atoms with Crippen molar-refractivity contribution in [1.82, 2.24) is 33.4 Å². The van der Waals surface area contributed by atoms with Gasteiger partial charge < -0.3 is 9.88 Å². The third-order valence-electron chi connectivity index (χ3n) is 9.23. The standard InChI is InChI=1S/C31H38F3N9O2S2/c1-21-22(3-4-28-26(21)15-24(18-35)43(28)14-11-40-9-12-42(13-10-40)47(44,45)36-2)19-41-7-5-23(6-8-41)39-29-27-16-25(17-31(32,33)34)46-30(27)38-20-37-29/h3-4,15-16,20,23,36H,5-14,17,19H2,1-2H3,(H,37,38,39). The van der Waals surface area contributed by atoms with Crippen molar-refractivity contribution < 1.29 is 21.6 Å². The number of piperidine rings is 1. The first-order chi connectivity index (χ1) is 22.4. The van der Waals surface area contributed by atoms with Crippen LogP contribution in [0.4, 0.5) is 19.0 Å². The van der Waals surface area contributed by atoms with Crippen LogP contribution in [0, 0.1) is 18.3 Å². The molecule has 2 aliphatic heterocycles. The number of aromatic nitrogens is 3. The minimum Gasteiger partial charge on any atom is -0.367 e. The number of nitrogens with one attached hydrogen (secondary N) is 2. The van der Waals surface area contributed by atoms with E-state index in [1.807, 2.05) is 6.07 Å². The van der Waals surface area contributed by atoms with Gasteiger partial charge in [-0.2, -0.15) is 31.2 Å². The van der Waals surface area contributed by atoms with Gasteiger partial charge in [-0.05, 0) is 49.1 Å². The van der Waals surface area contributed by atoms with Gasteiger partial charge in [0, 0.05) is 87.8 Å². The molecule has 0 saturated carbocycles. The maximum atomic E-state index is 12.9. The Morgan fingerprint density at radius 2 is 1.77 bits per heavy atom. The number of nitrogens with zero attached hydrogens (tertiary/aromatic N) is 7. The fraction of sp³-hybridized carbons (Fsp3) is 0.516. The van der Waals surface area contributed by atoms with Gasteiger partial charge >= 0.3 is 6.18 Å². The number of thiophene rings is 1. The zero-order valence-electron chi connectivity index (χ0n) is 26.3. The quantitative estimate of drug-likeness (QED) is 0.256. The summed E-state index contributed by atoms with van der Waals surface area (Å²) < 4.78 is 68.9. The van der Waals surface area contributed by atoms with E-state index in [2.05, 4.69) is 59.5 Å². The molecule has 0 radical (unpaired) electrons. The predicted molar refractivity (Wildman–Crippen MR) is 176 cm³/mol. The Labute approximate surface area is 276 Å². The Morgan fingerprint density at radius 1 is 1.02 bits per heavy atom. The van der Waals surface area contributed by atoms with Crippen LogP contribution in [-0.4, -0.2) is 102 Å². The highest BCUT2D eigenvalue weighted by molar-refractivity contribution is 7.87. The van der Waals surface area contributed by atoms with Crippen LogP contribution in [0.1, 0.15) is 34.5 Å². The van der Waals surface area contributed by atoms with Crippen LogP contribution in [0.15, 0.2) is 30.6 Å². The number of fused-ring (bicyclic) bond motifs is 2. The van der Waals surface area contributed by atoms with Crippen molar-refractivity contribution in [2.24, 2.45) is 0 Å². The van der Waals surface area contributed by atoms with Crippen molar-refractivity contribution >= 4 is 48.5 Å². The molecule has 252 valence electrons. The van der Waals surface area contributed by atoms with Crippen molar-refractivity contribution in [2.75, 3.05) is 58.2 Å². The lowest BCUT2D eigenvalue weighted by molar-refractivity contribution is -0.126. The number of piperazine rings is 1. The molecule has 47 heavy (non-hydrogen) atoms. The fourth-order valence-electron chi connectivity index (χ4n) is 6.57. The highest BCUT2D eigenvalue weighted by Gasteiger charge is 2.30. The van der Waals surface area contributed by atoms with Crippen LogP contribution in [0.3, 0.4) is 0 Å². The Morgan fingerprint density at radius 3 is 2.45 bits per heavy atom. The summed E-state index contributed by atoms with van der Waals surface area (Å²) in [5, 5.41) is 15.1. The Bertz CT molecular complexity index is 1890. The first-order valence-corrected chi connectivity index (χ1v) is 17.9. The van der Waals surface area contributed by atoms with Gasteiger partial charge in [0.25, 0.3) is 10.2 Å². The minimum absolute atomic E-state index is 0.154. The third-order valence-corrected chi connectivity index (χ3v) is 11.8. The zero-order valence-corrected chi connectivity index (χ0v) is 28.0. The van der Waals surface area contributed by atoms with E-state index in [1.54, 1.807) is 6.07 Å². The van der Waals surface area contributed by atoms with Crippen LogP contribution < -0.4 is 10.0 Å². The Balaban J connectivity index is 1.06. The predicted octanol–water partition coefficient (Wildman–Crippen LogP) is 4.09. The second-order valence-corrected chi connectivity index (χ2v) is 15.2. The van der Waals surface area contributed by atoms with Crippen molar-refractivity contribution in [3.8, 4) is 6.07 Å². The molecule has 6 rings (SSSR count). The van der Waals surface area contributed by atoms with E-state index < -0.39 is 22.8 Å². The highest BCUT2D eigenvalue weighted by atomic mass is 32.2. The lowest BCUT2D eigenvalue weighted by Crippen LogP contribution is -2.51. The Kier molecular flexibility index (Phi) is 9.75. The van der Waals surface area contributed by atoms with E-state index in [4.69, 9.17) is 0 Å². The number of hydrogen-bond acceptors (Lipinski definition) is 9. The second kappa shape index (κ2) is 13.7. The molecule has 2 aliphatic rings. The molecule has 0 unspecified atom stereocenters. The van der Waals surface area contributed by atoms with E-state index in [9.17, 15) is 26.9 Å². The van der Waals surface area contributed by atoms with Gasteiger partial charge in [-0.1, -0.05) is 6.07 Å². The average Bonchev–Trinajstić information content (AvgIpc) is 3.63. The number of hydrogen-bond donors (Lipinski definition) is 2. The van der Waals surface area contributed by atoms with Crippen LogP contribution >= 0.6 is 11.3 Å². The van der Waals surface area contributed by atoms with Gasteiger partial charge in [-0.15, -0.1) is 11.3 Å². The highest BCUT2D eigenvalue weighted by Crippen LogP contribution is 2.33. The van der Waals surface area contributed by atoms with Crippen LogP contribution in [0.5, 0.6) is 0 Å². The smallest absolute Gasteiger partial charge is 0.367 e. The van der Waals surface area contributed by atoms with Crippen molar-refractivity contribution in [2.45, 2.75) is 51.5 Å². The van der Waals surface area contributed by atoms with E-state index in [0.29, 0.717) is 54.5 Å². The molecule has 1 aromatic carbocycles. The van der Waals surface area contributed by atoms with Crippen molar-refractivity contribution in [3.63, 3.8) is 0 Å². The number of likely N-dealkylation sites (tertiary alicyclic amines) is 1. The zero-order chi connectivity index (χ0) is 33.3. The number of benzene rings is 1.